The van der Waals surface area contributed by atoms with E-state index in [1.54, 1.807) is 24.3 Å². The summed E-state index contributed by atoms with van der Waals surface area (Å²) in [4.78, 5) is 13.7. The van der Waals surface area contributed by atoms with Crippen LogP contribution in [0, 0.1) is 5.82 Å². The second kappa shape index (κ2) is 8.20. The lowest BCUT2D eigenvalue weighted by Crippen LogP contribution is -2.30. The first-order valence-corrected chi connectivity index (χ1v) is 10.0. The number of hydrogen-bond acceptors (Lipinski definition) is 4. The molecular formula is C21H17ClFNO3S. The minimum atomic E-state index is -0.346. The number of carbonyl (C=O) groups is 1. The van der Waals surface area contributed by atoms with Crippen LogP contribution in [0.5, 0.6) is 11.5 Å². The Kier molecular flexibility index (Phi) is 5.50. The second-order valence-corrected chi connectivity index (χ2v) is 7.73. The molecule has 1 amide bonds. The van der Waals surface area contributed by atoms with Gasteiger partial charge in [-0.3, -0.25) is 4.79 Å². The van der Waals surface area contributed by atoms with Crippen molar-refractivity contribution in [2.24, 2.45) is 0 Å². The first-order chi connectivity index (χ1) is 13.6. The molecule has 2 heterocycles. The zero-order valence-electron chi connectivity index (χ0n) is 14.8. The predicted molar refractivity (Wildman–Crippen MR) is 107 cm³/mol. The van der Waals surface area contributed by atoms with Crippen molar-refractivity contribution >= 4 is 28.8 Å². The molecule has 7 heteroatoms. The normalized spacial score (nSPS) is 13.8. The molecule has 0 spiro atoms. The van der Waals surface area contributed by atoms with Crippen molar-refractivity contribution in [3.05, 3.63) is 80.8 Å². The van der Waals surface area contributed by atoms with Crippen LogP contribution in [0.15, 0.2) is 53.9 Å². The van der Waals surface area contributed by atoms with Crippen molar-refractivity contribution in [1.29, 1.82) is 0 Å². The highest BCUT2D eigenvalue weighted by Crippen LogP contribution is 2.38. The fraction of sp³-hybridized carbons (Fsp3) is 0.190. The maximum absolute atomic E-state index is 13.3. The summed E-state index contributed by atoms with van der Waals surface area (Å²) in [5, 5.41) is 5.40. The largest absolute Gasteiger partial charge is 0.486 e. The first-order valence-electron chi connectivity index (χ1n) is 8.76. The van der Waals surface area contributed by atoms with Gasteiger partial charge < -0.3 is 14.8 Å². The summed E-state index contributed by atoms with van der Waals surface area (Å²) in [7, 11) is 0. The van der Waals surface area contributed by atoms with E-state index in [-0.39, 0.29) is 24.2 Å². The molecule has 3 aromatic rings. The number of ether oxygens (including phenoxy) is 2. The van der Waals surface area contributed by atoms with Gasteiger partial charge in [-0.25, -0.2) is 4.39 Å². The van der Waals surface area contributed by atoms with E-state index in [2.05, 4.69) is 5.32 Å². The number of benzene rings is 2. The monoisotopic (exact) mass is 417 g/mol. The third-order valence-electron chi connectivity index (χ3n) is 4.36. The van der Waals surface area contributed by atoms with E-state index < -0.39 is 0 Å². The molecule has 4 nitrogen and oxygen atoms in total. The molecule has 1 unspecified atom stereocenters. The van der Waals surface area contributed by atoms with Crippen LogP contribution in [0.4, 0.5) is 4.39 Å². The maximum atomic E-state index is 13.3. The number of hydrogen-bond donors (Lipinski definition) is 1. The summed E-state index contributed by atoms with van der Waals surface area (Å²) in [6.07, 6.45) is 0.138. The van der Waals surface area contributed by atoms with Gasteiger partial charge in [-0.2, -0.15) is 0 Å². The molecule has 0 fully saturated rings. The summed E-state index contributed by atoms with van der Waals surface area (Å²) in [5.74, 6) is 0.580. The quantitative estimate of drug-likeness (QED) is 0.651. The predicted octanol–water partition coefficient (Wildman–Crippen LogP) is 4.76. The van der Waals surface area contributed by atoms with Gasteiger partial charge in [0, 0.05) is 4.88 Å². The van der Waals surface area contributed by atoms with E-state index in [1.165, 1.54) is 23.5 Å². The van der Waals surface area contributed by atoms with Gasteiger partial charge in [-0.1, -0.05) is 29.8 Å². The van der Waals surface area contributed by atoms with Gasteiger partial charge in [0.1, 0.15) is 19.0 Å². The SMILES string of the molecule is O=C(Cc1cc(Cl)c2c(c1)OCCO2)NC(c1ccc(F)cc1)c1cccs1. The molecule has 1 aromatic heterocycles. The van der Waals surface area contributed by atoms with Crippen molar-refractivity contribution < 1.29 is 18.7 Å². The molecule has 0 radical (unpaired) electrons. The lowest BCUT2D eigenvalue weighted by atomic mass is 10.0. The highest BCUT2D eigenvalue weighted by atomic mass is 35.5. The zero-order valence-corrected chi connectivity index (χ0v) is 16.4. The van der Waals surface area contributed by atoms with Gasteiger partial charge in [-0.05, 0) is 46.8 Å². The van der Waals surface area contributed by atoms with Gasteiger partial charge in [0.05, 0.1) is 17.5 Å². The maximum Gasteiger partial charge on any atom is 0.225 e. The lowest BCUT2D eigenvalue weighted by molar-refractivity contribution is -0.120. The van der Waals surface area contributed by atoms with Gasteiger partial charge in [0.2, 0.25) is 5.91 Å². The summed E-state index contributed by atoms with van der Waals surface area (Å²) in [6.45, 7) is 0.900. The Labute approximate surface area is 170 Å². The van der Waals surface area contributed by atoms with Crippen LogP contribution in [0.25, 0.3) is 0 Å². The molecule has 0 aliphatic carbocycles. The van der Waals surface area contributed by atoms with Crippen LogP contribution >= 0.6 is 22.9 Å². The molecule has 144 valence electrons. The molecule has 1 N–H and O–H groups in total. The molecule has 1 aliphatic rings. The highest BCUT2D eigenvalue weighted by Gasteiger charge is 2.21. The molecule has 1 aliphatic heterocycles. The molecule has 28 heavy (non-hydrogen) atoms. The van der Waals surface area contributed by atoms with Crippen LogP contribution in [-0.4, -0.2) is 19.1 Å². The molecular weight excluding hydrogens is 401 g/mol. The van der Waals surface area contributed by atoms with E-state index in [4.69, 9.17) is 21.1 Å². The van der Waals surface area contributed by atoms with Crippen molar-refractivity contribution in [2.75, 3.05) is 13.2 Å². The second-order valence-electron chi connectivity index (χ2n) is 6.35. The topological polar surface area (TPSA) is 47.6 Å². The van der Waals surface area contributed by atoms with Crippen LogP contribution in [0.1, 0.15) is 22.0 Å². The third-order valence-corrected chi connectivity index (χ3v) is 5.58. The van der Waals surface area contributed by atoms with E-state index in [1.807, 2.05) is 17.5 Å². The average Bonchev–Trinajstić information content (AvgIpc) is 3.21. The Balaban J connectivity index is 1.54. The van der Waals surface area contributed by atoms with Crippen molar-refractivity contribution in [3.8, 4) is 11.5 Å². The van der Waals surface area contributed by atoms with Gasteiger partial charge in [-0.15, -0.1) is 11.3 Å². The van der Waals surface area contributed by atoms with E-state index in [0.717, 1.165) is 16.0 Å². The summed E-state index contributed by atoms with van der Waals surface area (Å²) in [6, 6.07) is 13.2. The van der Waals surface area contributed by atoms with Crippen molar-refractivity contribution in [2.45, 2.75) is 12.5 Å². The third kappa shape index (κ3) is 4.13. The standard InChI is InChI=1S/C21H17ClFNO3S/c22-16-10-13(11-17-21(16)27-8-7-26-17)12-19(25)24-20(18-2-1-9-28-18)14-3-5-15(23)6-4-14/h1-6,9-11,20H,7-8,12H2,(H,24,25). The minimum Gasteiger partial charge on any atom is -0.486 e. The Bertz CT molecular complexity index is 976. The lowest BCUT2D eigenvalue weighted by Gasteiger charge is -2.21. The molecule has 0 saturated carbocycles. The molecule has 0 saturated heterocycles. The molecule has 0 bridgehead atoms. The molecule has 2 aromatic carbocycles. The van der Waals surface area contributed by atoms with E-state index in [0.29, 0.717) is 29.7 Å². The van der Waals surface area contributed by atoms with E-state index in [9.17, 15) is 9.18 Å². The average molecular weight is 418 g/mol. The number of fused-ring (bicyclic) bond motifs is 1. The van der Waals surface area contributed by atoms with E-state index >= 15 is 0 Å². The van der Waals surface area contributed by atoms with Gasteiger partial charge in [0.25, 0.3) is 0 Å². The van der Waals surface area contributed by atoms with Crippen LogP contribution < -0.4 is 14.8 Å². The summed E-state index contributed by atoms with van der Waals surface area (Å²) < 4.78 is 24.4. The Hall–Kier alpha value is -2.57. The number of rotatable bonds is 5. The fourth-order valence-electron chi connectivity index (χ4n) is 3.09. The van der Waals surface area contributed by atoms with Crippen LogP contribution in [0.3, 0.4) is 0 Å². The van der Waals surface area contributed by atoms with Gasteiger partial charge >= 0.3 is 0 Å². The van der Waals surface area contributed by atoms with Crippen molar-refractivity contribution in [1.82, 2.24) is 5.32 Å². The number of thiophene rings is 1. The first kappa shape index (κ1) is 18.8. The number of amides is 1. The smallest absolute Gasteiger partial charge is 0.225 e. The van der Waals surface area contributed by atoms with Crippen LogP contribution in [0.2, 0.25) is 5.02 Å². The van der Waals surface area contributed by atoms with Gasteiger partial charge in [0.15, 0.2) is 11.5 Å². The molecule has 4 rings (SSSR count). The minimum absolute atomic E-state index is 0.138. The molecule has 1 atom stereocenters. The highest BCUT2D eigenvalue weighted by molar-refractivity contribution is 7.10. The van der Waals surface area contributed by atoms with Crippen molar-refractivity contribution in [3.63, 3.8) is 0 Å². The number of nitrogens with one attached hydrogen (secondary N) is 1. The number of carbonyl (C=O) groups excluding carboxylic acids is 1. The summed E-state index contributed by atoms with van der Waals surface area (Å²) >= 11 is 7.79. The fourth-order valence-corrected chi connectivity index (χ4v) is 4.18. The zero-order chi connectivity index (χ0) is 19.5. The number of halogens is 2. The Morgan fingerprint density at radius 2 is 1.96 bits per heavy atom. The Morgan fingerprint density at radius 1 is 1.18 bits per heavy atom. The Morgan fingerprint density at radius 3 is 2.71 bits per heavy atom. The van der Waals surface area contributed by atoms with Crippen LogP contribution in [-0.2, 0) is 11.2 Å². The summed E-state index contributed by atoms with van der Waals surface area (Å²) in [5.41, 5.74) is 1.55.